The molecule has 4 nitrogen and oxygen atoms in total. The van der Waals surface area contributed by atoms with Gasteiger partial charge in [0.2, 0.25) is 0 Å². The number of benzene rings is 1. The van der Waals surface area contributed by atoms with Crippen LogP contribution in [0.2, 0.25) is 5.02 Å². The second-order valence-corrected chi connectivity index (χ2v) is 4.73. The minimum atomic E-state index is -0.497. The standard InChI is InChI=1S/C12H15ClN2O2/c1-15-5-4-9(7-15)17-11-6-8(13)2-3-10(11)12(14)16/h2-3,6,9H,4-5,7H2,1H3,(H2,14,16). The predicted molar refractivity (Wildman–Crippen MR) is 66.5 cm³/mol. The minimum absolute atomic E-state index is 0.0940. The normalized spacial score (nSPS) is 20.5. The van der Waals surface area contributed by atoms with Crippen LogP contribution in [0.4, 0.5) is 0 Å². The Hall–Kier alpha value is -1.26. The molecule has 1 unspecified atom stereocenters. The monoisotopic (exact) mass is 254 g/mol. The summed E-state index contributed by atoms with van der Waals surface area (Å²) in [4.78, 5) is 13.4. The van der Waals surface area contributed by atoms with E-state index >= 15 is 0 Å². The fourth-order valence-electron chi connectivity index (χ4n) is 1.97. The number of likely N-dealkylation sites (tertiary alicyclic amines) is 1. The molecule has 1 heterocycles. The smallest absolute Gasteiger partial charge is 0.252 e. The fraction of sp³-hybridized carbons (Fsp3) is 0.417. The molecular formula is C12H15ClN2O2. The quantitative estimate of drug-likeness (QED) is 0.890. The number of carbonyl (C=O) groups is 1. The number of hydrogen-bond acceptors (Lipinski definition) is 3. The molecule has 1 saturated heterocycles. The van der Waals surface area contributed by atoms with Crippen LogP contribution in [0.1, 0.15) is 16.8 Å². The molecule has 1 amide bonds. The van der Waals surface area contributed by atoms with Gasteiger partial charge in [0.1, 0.15) is 11.9 Å². The average molecular weight is 255 g/mol. The molecule has 1 aromatic carbocycles. The van der Waals surface area contributed by atoms with Crippen molar-refractivity contribution in [1.82, 2.24) is 4.90 Å². The largest absolute Gasteiger partial charge is 0.488 e. The number of halogens is 1. The van der Waals surface area contributed by atoms with Gasteiger partial charge in [0.05, 0.1) is 5.56 Å². The van der Waals surface area contributed by atoms with E-state index < -0.39 is 5.91 Å². The van der Waals surface area contributed by atoms with Crippen molar-refractivity contribution in [3.8, 4) is 5.75 Å². The third kappa shape index (κ3) is 2.90. The number of rotatable bonds is 3. The van der Waals surface area contributed by atoms with Crippen molar-refractivity contribution in [2.24, 2.45) is 5.73 Å². The molecule has 1 aliphatic rings. The second-order valence-electron chi connectivity index (χ2n) is 4.30. The summed E-state index contributed by atoms with van der Waals surface area (Å²) in [5.41, 5.74) is 5.67. The molecular weight excluding hydrogens is 240 g/mol. The van der Waals surface area contributed by atoms with E-state index in [-0.39, 0.29) is 6.10 Å². The molecule has 17 heavy (non-hydrogen) atoms. The van der Waals surface area contributed by atoms with Gasteiger partial charge in [-0.3, -0.25) is 4.79 Å². The first-order valence-electron chi connectivity index (χ1n) is 5.51. The maximum Gasteiger partial charge on any atom is 0.252 e. The lowest BCUT2D eigenvalue weighted by molar-refractivity contribution is 0.0993. The van der Waals surface area contributed by atoms with Crippen LogP contribution in [-0.2, 0) is 0 Å². The highest BCUT2D eigenvalue weighted by Crippen LogP contribution is 2.25. The van der Waals surface area contributed by atoms with Crippen LogP contribution in [0.15, 0.2) is 18.2 Å². The summed E-state index contributed by atoms with van der Waals surface area (Å²) in [6.07, 6.45) is 1.04. The summed E-state index contributed by atoms with van der Waals surface area (Å²) in [5, 5.41) is 0.538. The second kappa shape index (κ2) is 4.94. The maximum atomic E-state index is 11.3. The summed E-state index contributed by atoms with van der Waals surface area (Å²) < 4.78 is 5.79. The number of amides is 1. The zero-order chi connectivity index (χ0) is 12.4. The van der Waals surface area contributed by atoms with E-state index in [0.717, 1.165) is 19.5 Å². The molecule has 1 fully saturated rings. The number of nitrogens with two attached hydrogens (primary N) is 1. The van der Waals surface area contributed by atoms with Crippen molar-refractivity contribution in [2.45, 2.75) is 12.5 Å². The van der Waals surface area contributed by atoms with E-state index in [0.29, 0.717) is 16.3 Å². The highest BCUT2D eigenvalue weighted by Gasteiger charge is 2.22. The summed E-state index contributed by atoms with van der Waals surface area (Å²) in [6, 6.07) is 4.87. The molecule has 2 rings (SSSR count). The molecule has 0 saturated carbocycles. The lowest BCUT2D eigenvalue weighted by atomic mass is 10.2. The Labute approximate surface area is 105 Å². The predicted octanol–water partition coefficient (Wildman–Crippen LogP) is 1.52. The molecule has 92 valence electrons. The Morgan fingerprint density at radius 1 is 1.59 bits per heavy atom. The summed E-state index contributed by atoms with van der Waals surface area (Å²) in [5.74, 6) is -0.0201. The van der Waals surface area contributed by atoms with E-state index in [9.17, 15) is 4.79 Å². The van der Waals surface area contributed by atoms with Crippen molar-refractivity contribution in [1.29, 1.82) is 0 Å². The van der Waals surface area contributed by atoms with Crippen LogP contribution in [0, 0.1) is 0 Å². The Kier molecular flexibility index (Phi) is 3.54. The lowest BCUT2D eigenvalue weighted by Crippen LogP contribution is -2.23. The number of nitrogens with zero attached hydrogens (tertiary/aromatic N) is 1. The zero-order valence-electron chi connectivity index (χ0n) is 9.65. The molecule has 0 aliphatic carbocycles. The van der Waals surface area contributed by atoms with Crippen molar-refractivity contribution < 1.29 is 9.53 Å². The van der Waals surface area contributed by atoms with Gasteiger partial charge in [-0.05, 0) is 31.7 Å². The van der Waals surface area contributed by atoms with Gasteiger partial charge in [-0.2, -0.15) is 0 Å². The third-order valence-electron chi connectivity index (χ3n) is 2.85. The van der Waals surface area contributed by atoms with E-state index in [4.69, 9.17) is 22.1 Å². The van der Waals surface area contributed by atoms with Gasteiger partial charge < -0.3 is 15.4 Å². The molecule has 0 spiro atoms. The van der Waals surface area contributed by atoms with E-state index in [1.165, 1.54) is 0 Å². The summed E-state index contributed by atoms with van der Waals surface area (Å²) in [7, 11) is 2.04. The summed E-state index contributed by atoms with van der Waals surface area (Å²) in [6.45, 7) is 1.85. The molecule has 0 aromatic heterocycles. The molecule has 0 bridgehead atoms. The molecule has 0 radical (unpaired) electrons. The van der Waals surface area contributed by atoms with Crippen LogP contribution in [0.3, 0.4) is 0 Å². The molecule has 1 aliphatic heterocycles. The van der Waals surface area contributed by atoms with Crippen LogP contribution < -0.4 is 10.5 Å². The van der Waals surface area contributed by atoms with Gasteiger partial charge in [0.25, 0.3) is 5.91 Å². The van der Waals surface area contributed by atoms with Crippen molar-refractivity contribution in [3.05, 3.63) is 28.8 Å². The van der Waals surface area contributed by atoms with E-state index in [1.54, 1.807) is 18.2 Å². The SMILES string of the molecule is CN1CCC(Oc2cc(Cl)ccc2C(N)=O)C1. The van der Waals surface area contributed by atoms with Gasteiger partial charge in [-0.15, -0.1) is 0 Å². The van der Waals surface area contributed by atoms with E-state index in [1.807, 2.05) is 7.05 Å². The first-order valence-corrected chi connectivity index (χ1v) is 5.88. The van der Waals surface area contributed by atoms with Gasteiger partial charge in [-0.1, -0.05) is 11.6 Å². The number of carbonyl (C=O) groups excluding carboxylic acids is 1. The van der Waals surface area contributed by atoms with Crippen LogP contribution in [0.25, 0.3) is 0 Å². The Balaban J connectivity index is 2.19. The van der Waals surface area contributed by atoms with E-state index in [2.05, 4.69) is 4.90 Å². The minimum Gasteiger partial charge on any atom is -0.488 e. The number of primary amides is 1. The lowest BCUT2D eigenvalue weighted by Gasteiger charge is -2.16. The number of hydrogen-bond donors (Lipinski definition) is 1. The molecule has 1 atom stereocenters. The first kappa shape index (κ1) is 12.2. The van der Waals surface area contributed by atoms with Crippen molar-refractivity contribution in [2.75, 3.05) is 20.1 Å². The van der Waals surface area contributed by atoms with Crippen LogP contribution >= 0.6 is 11.6 Å². The summed E-state index contributed by atoms with van der Waals surface area (Å²) >= 11 is 5.89. The fourth-order valence-corrected chi connectivity index (χ4v) is 2.13. The Morgan fingerprint density at radius 3 is 2.94 bits per heavy atom. The van der Waals surface area contributed by atoms with Gasteiger partial charge in [-0.25, -0.2) is 0 Å². The third-order valence-corrected chi connectivity index (χ3v) is 3.09. The Bertz CT molecular complexity index is 437. The molecule has 5 heteroatoms. The zero-order valence-corrected chi connectivity index (χ0v) is 10.4. The average Bonchev–Trinajstić information content (AvgIpc) is 2.63. The molecule has 2 N–H and O–H groups in total. The van der Waals surface area contributed by atoms with Gasteiger partial charge >= 0.3 is 0 Å². The van der Waals surface area contributed by atoms with Crippen LogP contribution in [0.5, 0.6) is 5.75 Å². The highest BCUT2D eigenvalue weighted by molar-refractivity contribution is 6.30. The molecule has 1 aromatic rings. The van der Waals surface area contributed by atoms with Crippen LogP contribution in [-0.4, -0.2) is 37.0 Å². The highest BCUT2D eigenvalue weighted by atomic mass is 35.5. The first-order chi connectivity index (χ1) is 8.06. The maximum absolute atomic E-state index is 11.3. The van der Waals surface area contributed by atoms with Gasteiger partial charge in [0, 0.05) is 18.1 Å². The topological polar surface area (TPSA) is 55.6 Å². The number of ether oxygens (including phenoxy) is 1. The Morgan fingerprint density at radius 2 is 2.35 bits per heavy atom. The number of likely N-dealkylation sites (N-methyl/N-ethyl adjacent to an activating group) is 1. The van der Waals surface area contributed by atoms with Crippen molar-refractivity contribution in [3.63, 3.8) is 0 Å². The van der Waals surface area contributed by atoms with Gasteiger partial charge in [0.15, 0.2) is 0 Å². The van der Waals surface area contributed by atoms with Crippen molar-refractivity contribution >= 4 is 17.5 Å².